The predicted molar refractivity (Wildman–Crippen MR) is 58.7 cm³/mol. The maximum Gasteiger partial charge on any atom is 0.624 e. The van der Waals surface area contributed by atoms with Gasteiger partial charge in [0.05, 0.1) is 5.56 Å². The maximum atomic E-state index is 13.5. The van der Waals surface area contributed by atoms with E-state index in [9.17, 15) is 31.5 Å². The van der Waals surface area contributed by atoms with E-state index in [-0.39, 0.29) is 0 Å². The Balaban J connectivity index is 3.09. The second-order valence-corrected chi connectivity index (χ2v) is 6.18. The molecule has 1 N–H and O–H groups in total. The minimum Gasteiger partial charge on any atom is -0.394 e. The molecule has 0 fully saturated rings. The van der Waals surface area contributed by atoms with Gasteiger partial charge in [0.25, 0.3) is 0 Å². The SMILES string of the molecule is CO[Si](O)(OC)C(F)(F)OC(=O)c1ccc(F)c(F)c1F. The molecule has 1 aromatic rings. The van der Waals surface area contributed by atoms with Gasteiger partial charge in [0.1, 0.15) is 0 Å². The summed E-state index contributed by atoms with van der Waals surface area (Å²) in [6.07, 6.45) is 0. The monoisotopic (exact) mass is 332 g/mol. The Morgan fingerprint density at radius 2 is 1.67 bits per heavy atom. The van der Waals surface area contributed by atoms with Crippen LogP contribution in [0.4, 0.5) is 22.0 Å². The van der Waals surface area contributed by atoms with Gasteiger partial charge in [-0.15, -0.1) is 0 Å². The van der Waals surface area contributed by atoms with E-state index < -0.39 is 43.5 Å². The highest BCUT2D eigenvalue weighted by Crippen LogP contribution is 2.29. The van der Waals surface area contributed by atoms with Crippen molar-refractivity contribution in [3.63, 3.8) is 0 Å². The Bertz CT molecular complexity index is 549. The Morgan fingerprint density at radius 1 is 1.14 bits per heavy atom. The van der Waals surface area contributed by atoms with Gasteiger partial charge in [-0.25, -0.2) is 18.0 Å². The van der Waals surface area contributed by atoms with Gasteiger partial charge in [0.15, 0.2) is 17.5 Å². The fourth-order valence-corrected chi connectivity index (χ4v) is 2.10. The van der Waals surface area contributed by atoms with E-state index >= 15 is 0 Å². The first-order valence-electron chi connectivity index (χ1n) is 5.17. The van der Waals surface area contributed by atoms with Crippen LogP contribution in [-0.2, 0) is 13.6 Å². The fourth-order valence-electron chi connectivity index (χ4n) is 1.24. The molecule has 0 aliphatic heterocycles. The molecule has 1 aromatic carbocycles. The molecule has 0 amide bonds. The van der Waals surface area contributed by atoms with Gasteiger partial charge in [0.2, 0.25) is 0 Å². The zero-order valence-electron chi connectivity index (χ0n) is 10.6. The lowest BCUT2D eigenvalue weighted by Gasteiger charge is -2.27. The van der Waals surface area contributed by atoms with Crippen molar-refractivity contribution in [2.45, 2.75) is 5.73 Å². The lowest BCUT2D eigenvalue weighted by molar-refractivity contribution is -0.182. The minimum atomic E-state index is -5.23. The van der Waals surface area contributed by atoms with Crippen LogP contribution in [0.5, 0.6) is 0 Å². The predicted octanol–water partition coefficient (Wildman–Crippen LogP) is 1.62. The largest absolute Gasteiger partial charge is 0.624 e. The van der Waals surface area contributed by atoms with Crippen molar-refractivity contribution in [1.82, 2.24) is 0 Å². The standard InChI is InChI=1S/C10H9F5O5Si/c1-18-21(17,19-2)10(14,15)20-9(16)5-3-4-6(11)8(13)7(5)12/h3-4,17H,1-2H3. The Labute approximate surface area is 116 Å². The number of carbonyl (C=O) groups excluding carboxylic acids is 1. The highest BCUT2D eigenvalue weighted by Gasteiger charge is 2.66. The van der Waals surface area contributed by atoms with Gasteiger partial charge in [-0.1, -0.05) is 0 Å². The van der Waals surface area contributed by atoms with E-state index in [0.717, 1.165) is 0 Å². The van der Waals surface area contributed by atoms with Crippen molar-refractivity contribution in [3.05, 3.63) is 35.1 Å². The lowest BCUT2D eigenvalue weighted by Crippen LogP contribution is -2.59. The van der Waals surface area contributed by atoms with Crippen LogP contribution in [-0.4, -0.2) is 39.5 Å². The molecule has 0 radical (unpaired) electrons. The number of ether oxygens (including phenoxy) is 1. The Kier molecular flexibility index (Phi) is 5.04. The van der Waals surface area contributed by atoms with Crippen LogP contribution in [0.25, 0.3) is 0 Å². The molecule has 118 valence electrons. The zero-order valence-corrected chi connectivity index (χ0v) is 11.6. The molecular weight excluding hydrogens is 323 g/mol. The van der Waals surface area contributed by atoms with E-state index in [1.807, 2.05) is 0 Å². The number of hydrogen-bond donors (Lipinski definition) is 1. The molecule has 0 spiro atoms. The molecule has 21 heavy (non-hydrogen) atoms. The second-order valence-electron chi connectivity index (χ2n) is 3.62. The lowest BCUT2D eigenvalue weighted by atomic mass is 10.2. The first-order chi connectivity index (χ1) is 9.59. The molecule has 0 aliphatic carbocycles. The summed E-state index contributed by atoms with van der Waals surface area (Å²) < 4.78 is 77.7. The third-order valence-electron chi connectivity index (χ3n) is 2.40. The number of esters is 1. The summed E-state index contributed by atoms with van der Waals surface area (Å²) in [7, 11) is -3.88. The topological polar surface area (TPSA) is 65.0 Å². The summed E-state index contributed by atoms with van der Waals surface area (Å²) in [5.41, 5.74) is -5.90. The second kappa shape index (κ2) is 6.05. The normalized spacial score (nSPS) is 12.4. The van der Waals surface area contributed by atoms with Crippen molar-refractivity contribution in [3.8, 4) is 0 Å². The summed E-state index contributed by atoms with van der Waals surface area (Å²) in [4.78, 5) is 20.8. The summed E-state index contributed by atoms with van der Waals surface area (Å²) in [6, 6.07) is 0.760. The van der Waals surface area contributed by atoms with Crippen molar-refractivity contribution in [2.24, 2.45) is 0 Å². The third kappa shape index (κ3) is 3.20. The summed E-state index contributed by atoms with van der Waals surface area (Å²) >= 11 is 0. The molecule has 0 aliphatic rings. The Morgan fingerprint density at radius 3 is 2.14 bits per heavy atom. The van der Waals surface area contributed by atoms with Crippen LogP contribution in [0.15, 0.2) is 12.1 Å². The first kappa shape index (κ1) is 17.5. The number of rotatable bonds is 5. The number of alkyl halides is 2. The molecule has 0 saturated carbocycles. The summed E-state index contributed by atoms with van der Waals surface area (Å²) in [5, 5.41) is 0. The van der Waals surface area contributed by atoms with Crippen molar-refractivity contribution < 1.29 is 45.1 Å². The summed E-state index contributed by atoms with van der Waals surface area (Å²) in [6.45, 7) is 0. The van der Waals surface area contributed by atoms with Crippen LogP contribution in [0, 0.1) is 17.5 Å². The average Bonchev–Trinajstić information content (AvgIpc) is 2.43. The quantitative estimate of drug-likeness (QED) is 0.384. The van der Waals surface area contributed by atoms with E-state index in [1.54, 1.807) is 0 Å². The minimum absolute atomic E-state index is 0.351. The molecule has 0 aromatic heterocycles. The van der Waals surface area contributed by atoms with E-state index in [1.165, 1.54) is 0 Å². The van der Waals surface area contributed by atoms with Crippen LogP contribution < -0.4 is 0 Å². The molecule has 0 bridgehead atoms. The van der Waals surface area contributed by atoms with Gasteiger partial charge in [0, 0.05) is 14.2 Å². The van der Waals surface area contributed by atoms with E-state index in [4.69, 9.17) is 0 Å². The van der Waals surface area contributed by atoms with Gasteiger partial charge in [-0.05, 0) is 12.1 Å². The maximum absolute atomic E-state index is 13.5. The molecule has 1 rings (SSSR count). The van der Waals surface area contributed by atoms with E-state index in [2.05, 4.69) is 13.6 Å². The Hall–Kier alpha value is -1.56. The van der Waals surface area contributed by atoms with Crippen LogP contribution in [0.1, 0.15) is 10.4 Å². The number of benzene rings is 1. The molecule has 5 nitrogen and oxygen atoms in total. The fraction of sp³-hybridized carbons (Fsp3) is 0.300. The zero-order chi connectivity index (χ0) is 16.4. The van der Waals surface area contributed by atoms with E-state index in [0.29, 0.717) is 26.4 Å². The molecule has 0 heterocycles. The average molecular weight is 332 g/mol. The first-order valence-corrected chi connectivity index (χ1v) is 6.93. The highest BCUT2D eigenvalue weighted by molar-refractivity contribution is 6.61. The van der Waals surface area contributed by atoms with Gasteiger partial charge < -0.3 is 18.4 Å². The van der Waals surface area contributed by atoms with Crippen LogP contribution in [0.2, 0.25) is 0 Å². The highest BCUT2D eigenvalue weighted by atomic mass is 28.4. The van der Waals surface area contributed by atoms with Crippen LogP contribution in [0.3, 0.4) is 0 Å². The van der Waals surface area contributed by atoms with Crippen LogP contribution >= 0.6 is 0 Å². The van der Waals surface area contributed by atoms with Crippen molar-refractivity contribution in [2.75, 3.05) is 14.2 Å². The van der Waals surface area contributed by atoms with Gasteiger partial charge in [-0.2, -0.15) is 8.78 Å². The van der Waals surface area contributed by atoms with Gasteiger partial charge >= 0.3 is 20.5 Å². The van der Waals surface area contributed by atoms with Crippen molar-refractivity contribution >= 4 is 14.8 Å². The smallest absolute Gasteiger partial charge is 0.394 e. The number of hydrogen-bond acceptors (Lipinski definition) is 5. The molecular formula is C10H9F5O5Si. The number of carbonyl (C=O) groups is 1. The third-order valence-corrected chi connectivity index (χ3v) is 4.34. The molecule has 0 unspecified atom stereocenters. The number of halogens is 5. The van der Waals surface area contributed by atoms with Crippen molar-refractivity contribution in [1.29, 1.82) is 0 Å². The summed E-state index contributed by atoms with van der Waals surface area (Å²) in [5.74, 6) is -7.68. The molecule has 0 saturated heterocycles. The van der Waals surface area contributed by atoms with Gasteiger partial charge in [-0.3, -0.25) is 0 Å². The molecule has 11 heteroatoms. The molecule has 0 atom stereocenters.